The van der Waals surface area contributed by atoms with Gasteiger partial charge in [0.05, 0.1) is 41.2 Å². The molecule has 1 aromatic rings. The zero-order valence-corrected chi connectivity index (χ0v) is 24.0. The Morgan fingerprint density at radius 3 is 2.55 bits per heavy atom. The minimum atomic E-state index is -1.17. The van der Waals surface area contributed by atoms with Crippen molar-refractivity contribution >= 4 is 46.6 Å². The lowest BCUT2D eigenvalue weighted by atomic mass is 9.74. The number of nitrogens with one attached hydrogen (secondary N) is 2. The van der Waals surface area contributed by atoms with Crippen molar-refractivity contribution in [2.45, 2.75) is 62.3 Å². The van der Waals surface area contributed by atoms with Gasteiger partial charge in [0.25, 0.3) is 0 Å². The van der Waals surface area contributed by atoms with Gasteiger partial charge in [0.15, 0.2) is 0 Å². The zero-order valence-electron chi connectivity index (χ0n) is 22.5. The van der Waals surface area contributed by atoms with E-state index < -0.39 is 29.6 Å². The number of morpholine rings is 1. The molecule has 40 heavy (non-hydrogen) atoms. The van der Waals surface area contributed by atoms with E-state index in [2.05, 4.69) is 15.5 Å². The van der Waals surface area contributed by atoms with Crippen molar-refractivity contribution in [3.63, 3.8) is 0 Å². The van der Waals surface area contributed by atoms with E-state index in [-0.39, 0.29) is 23.8 Å². The Kier molecular flexibility index (Phi) is 8.12. The number of halogens is 2. The average Bonchev–Trinajstić information content (AvgIpc) is 3.59. The number of carbonyl (C=O) groups excluding carboxylic acids is 3. The predicted molar refractivity (Wildman–Crippen MR) is 151 cm³/mol. The molecule has 0 aromatic heterocycles. The number of fused-ring (bicyclic) bond motifs is 1. The lowest BCUT2D eigenvalue weighted by Gasteiger charge is -2.34. The highest BCUT2D eigenvalue weighted by Gasteiger charge is 2.72. The van der Waals surface area contributed by atoms with Crippen LogP contribution in [0.5, 0.6) is 0 Å². The number of benzene rings is 1. The summed E-state index contributed by atoms with van der Waals surface area (Å²) in [7, 11) is 0. The van der Waals surface area contributed by atoms with E-state index in [1.54, 1.807) is 23.1 Å². The van der Waals surface area contributed by atoms with Crippen molar-refractivity contribution in [1.82, 2.24) is 15.1 Å². The van der Waals surface area contributed by atoms with Crippen LogP contribution < -0.4 is 10.6 Å². The molecule has 2 N–H and O–H groups in total. The topological polar surface area (TPSA) is 100 Å². The molecule has 5 atom stereocenters. The first-order valence-electron chi connectivity index (χ1n) is 14.4. The first kappa shape index (κ1) is 28.0. The Labute approximate surface area is 244 Å². The van der Waals surface area contributed by atoms with Gasteiger partial charge in [-0.05, 0) is 37.5 Å². The predicted octanol–water partition coefficient (Wildman–Crippen LogP) is 3.25. The van der Waals surface area contributed by atoms with E-state index in [1.165, 1.54) is 6.42 Å². The third-order valence-electron chi connectivity index (χ3n) is 9.04. The molecule has 6 rings (SSSR count). The van der Waals surface area contributed by atoms with E-state index in [1.807, 2.05) is 12.2 Å². The molecule has 4 fully saturated rings. The van der Waals surface area contributed by atoms with Crippen LogP contribution in [0.2, 0.25) is 10.0 Å². The van der Waals surface area contributed by atoms with E-state index in [9.17, 15) is 14.4 Å². The van der Waals surface area contributed by atoms with Gasteiger partial charge in [-0.25, -0.2) is 0 Å². The van der Waals surface area contributed by atoms with Gasteiger partial charge in [-0.15, -0.1) is 0 Å². The molecule has 1 aliphatic carbocycles. The van der Waals surface area contributed by atoms with Gasteiger partial charge in [0.2, 0.25) is 17.7 Å². The maximum Gasteiger partial charge on any atom is 0.246 e. The Morgan fingerprint density at radius 1 is 1.02 bits per heavy atom. The maximum absolute atomic E-state index is 14.1. The van der Waals surface area contributed by atoms with Crippen LogP contribution in [0.25, 0.3) is 0 Å². The molecule has 4 heterocycles. The normalized spacial score (nSPS) is 31.9. The lowest BCUT2D eigenvalue weighted by molar-refractivity contribution is -0.141. The first-order chi connectivity index (χ1) is 19.4. The molecule has 1 aromatic carbocycles. The lowest BCUT2D eigenvalue weighted by Crippen LogP contribution is -2.56. The molecular weight excluding hydrogens is 555 g/mol. The van der Waals surface area contributed by atoms with Crippen LogP contribution in [0.1, 0.15) is 38.5 Å². The molecule has 5 aliphatic rings. The first-order valence-corrected chi connectivity index (χ1v) is 15.2. The van der Waals surface area contributed by atoms with Gasteiger partial charge >= 0.3 is 0 Å². The minimum Gasteiger partial charge on any atom is -0.379 e. The molecule has 1 spiro atoms. The summed E-state index contributed by atoms with van der Waals surface area (Å²) in [5.74, 6) is -2.27. The molecule has 1 saturated carbocycles. The summed E-state index contributed by atoms with van der Waals surface area (Å²) in [6.07, 6.45) is 9.05. The van der Waals surface area contributed by atoms with Gasteiger partial charge in [-0.1, -0.05) is 54.6 Å². The van der Waals surface area contributed by atoms with Crippen molar-refractivity contribution < 1.29 is 23.9 Å². The summed E-state index contributed by atoms with van der Waals surface area (Å²) in [6, 6.07) is 4.14. The van der Waals surface area contributed by atoms with Crippen LogP contribution in [0.15, 0.2) is 30.4 Å². The van der Waals surface area contributed by atoms with E-state index in [0.717, 1.165) is 51.7 Å². The van der Waals surface area contributed by atoms with Crippen molar-refractivity contribution in [3.8, 4) is 0 Å². The Bertz CT molecular complexity index is 1180. The number of rotatable bonds is 8. The number of hydrogen-bond acceptors (Lipinski definition) is 6. The Morgan fingerprint density at radius 2 is 1.80 bits per heavy atom. The fourth-order valence-electron chi connectivity index (χ4n) is 7.12. The van der Waals surface area contributed by atoms with E-state index >= 15 is 0 Å². The van der Waals surface area contributed by atoms with Gasteiger partial charge in [0.1, 0.15) is 11.6 Å². The highest BCUT2D eigenvalue weighted by molar-refractivity contribution is 6.42. The SMILES string of the molecule is O=C(Nc1ccc(Cl)c(Cl)c1)[C@H]1[C@@H]2C=C[C@]3(O2)[C@@H]1C(=O)N(CCCN1CCOCC1)[C@H]3C(=O)NC1CCCCC1. The van der Waals surface area contributed by atoms with Crippen LogP contribution in [-0.4, -0.2) is 90.7 Å². The molecular formula is C29H36Cl2N4O5. The molecule has 216 valence electrons. The van der Waals surface area contributed by atoms with Crippen molar-refractivity contribution in [1.29, 1.82) is 0 Å². The van der Waals surface area contributed by atoms with Crippen molar-refractivity contribution in [2.24, 2.45) is 11.8 Å². The number of anilines is 1. The van der Waals surface area contributed by atoms with Crippen LogP contribution in [0, 0.1) is 11.8 Å². The third-order valence-corrected chi connectivity index (χ3v) is 9.78. The number of ether oxygens (including phenoxy) is 2. The monoisotopic (exact) mass is 590 g/mol. The Hall–Kier alpha value is -2.17. The van der Waals surface area contributed by atoms with Gasteiger partial charge in [-0.3, -0.25) is 19.3 Å². The summed E-state index contributed by atoms with van der Waals surface area (Å²) in [6.45, 7) is 4.35. The molecule has 0 unspecified atom stereocenters. The van der Waals surface area contributed by atoms with Gasteiger partial charge < -0.3 is 25.0 Å². The molecule has 0 radical (unpaired) electrons. The summed E-state index contributed by atoms with van der Waals surface area (Å²) in [4.78, 5) is 45.6. The Balaban J connectivity index is 1.24. The average molecular weight is 592 g/mol. The summed E-state index contributed by atoms with van der Waals surface area (Å²) < 4.78 is 11.9. The third kappa shape index (κ3) is 5.15. The summed E-state index contributed by atoms with van der Waals surface area (Å²) >= 11 is 12.2. The quantitative estimate of drug-likeness (QED) is 0.451. The molecule has 9 nitrogen and oxygen atoms in total. The minimum absolute atomic E-state index is 0.0957. The summed E-state index contributed by atoms with van der Waals surface area (Å²) in [5, 5.41) is 6.83. The van der Waals surface area contributed by atoms with Crippen LogP contribution in [0.4, 0.5) is 5.69 Å². The maximum atomic E-state index is 14.1. The number of likely N-dealkylation sites (tertiary alicyclic amines) is 1. The van der Waals surface area contributed by atoms with E-state index in [4.69, 9.17) is 32.7 Å². The van der Waals surface area contributed by atoms with Crippen LogP contribution >= 0.6 is 23.2 Å². The number of hydrogen-bond donors (Lipinski definition) is 2. The number of nitrogens with zero attached hydrogens (tertiary/aromatic N) is 2. The van der Waals surface area contributed by atoms with Crippen molar-refractivity contribution in [2.75, 3.05) is 44.7 Å². The summed E-state index contributed by atoms with van der Waals surface area (Å²) in [5.41, 5.74) is -0.682. The van der Waals surface area contributed by atoms with Gasteiger partial charge in [0, 0.05) is 37.9 Å². The number of amides is 3. The zero-order chi connectivity index (χ0) is 27.9. The molecule has 2 bridgehead atoms. The molecule has 3 saturated heterocycles. The highest BCUT2D eigenvalue weighted by atomic mass is 35.5. The van der Waals surface area contributed by atoms with Gasteiger partial charge in [-0.2, -0.15) is 0 Å². The van der Waals surface area contributed by atoms with Crippen molar-refractivity contribution in [3.05, 3.63) is 40.4 Å². The van der Waals surface area contributed by atoms with E-state index in [0.29, 0.717) is 35.5 Å². The second kappa shape index (κ2) is 11.6. The highest BCUT2D eigenvalue weighted by Crippen LogP contribution is 2.55. The second-order valence-corrected chi connectivity index (χ2v) is 12.3. The number of carbonyl (C=O) groups is 3. The van der Waals surface area contributed by atoms with Crippen LogP contribution in [0.3, 0.4) is 0 Å². The molecule has 3 amide bonds. The molecule has 11 heteroatoms. The van der Waals surface area contributed by atoms with Crippen LogP contribution in [-0.2, 0) is 23.9 Å². The molecule has 4 aliphatic heterocycles. The smallest absolute Gasteiger partial charge is 0.246 e. The fourth-order valence-corrected chi connectivity index (χ4v) is 7.42. The fraction of sp³-hybridized carbons (Fsp3) is 0.621. The second-order valence-electron chi connectivity index (χ2n) is 11.5. The largest absolute Gasteiger partial charge is 0.379 e. The standard InChI is InChI=1S/C29H36Cl2N4O5/c30-20-8-7-19(17-21(20)31)33-26(36)23-22-9-10-29(40-22)24(23)28(38)35(12-4-11-34-13-15-39-16-14-34)25(29)27(37)32-18-5-2-1-3-6-18/h7-10,17-18,22-25H,1-6,11-16H2,(H,32,37)(H,33,36)/t22-,23-,24-,25-,29-/m0/s1.